The molecule has 0 saturated carbocycles. The molecule has 2 aliphatic heterocycles. The maximum atomic E-state index is 13.0. The summed E-state index contributed by atoms with van der Waals surface area (Å²) in [6.45, 7) is 11.6. The highest BCUT2D eigenvalue weighted by Crippen LogP contribution is 2.26. The number of likely N-dealkylation sites (tertiary alicyclic amines) is 2. The average molecular weight is 454 g/mol. The Morgan fingerprint density at radius 2 is 1.67 bits per heavy atom. The van der Waals surface area contributed by atoms with Crippen molar-refractivity contribution in [2.75, 3.05) is 26.2 Å². The molecule has 2 amide bonds. The maximum absolute atomic E-state index is 13.0. The molecule has 4 rings (SSSR count). The second-order valence-corrected chi connectivity index (χ2v) is 10.1. The number of pyridine rings is 1. The molecule has 0 bridgehead atoms. The van der Waals surface area contributed by atoms with E-state index in [0.29, 0.717) is 31.8 Å². The highest BCUT2D eigenvalue weighted by atomic mass is 16.2. The van der Waals surface area contributed by atoms with Crippen LogP contribution in [0.15, 0.2) is 6.20 Å². The highest BCUT2D eigenvalue weighted by molar-refractivity contribution is 5.82. The minimum absolute atomic E-state index is 0.0840. The van der Waals surface area contributed by atoms with Gasteiger partial charge in [0, 0.05) is 55.6 Å². The van der Waals surface area contributed by atoms with E-state index in [1.165, 1.54) is 18.4 Å². The second-order valence-electron chi connectivity index (χ2n) is 10.1. The molecule has 180 valence electrons. The lowest BCUT2D eigenvalue weighted by molar-refractivity contribution is -0.140. The molecule has 7 nitrogen and oxygen atoms in total. The van der Waals surface area contributed by atoms with E-state index in [1.54, 1.807) is 0 Å². The Balaban J connectivity index is 1.33. The molecule has 2 fully saturated rings. The molecule has 2 saturated heterocycles. The topological polar surface area (TPSA) is 71.3 Å². The molecule has 7 heteroatoms. The van der Waals surface area contributed by atoms with Crippen LogP contribution in [0.3, 0.4) is 0 Å². The molecule has 0 aliphatic carbocycles. The number of hydrogen-bond donors (Lipinski definition) is 0. The van der Waals surface area contributed by atoms with E-state index in [1.807, 2.05) is 22.7 Å². The first-order valence-electron chi connectivity index (χ1n) is 12.8. The summed E-state index contributed by atoms with van der Waals surface area (Å²) in [6, 6.07) is 0.260. The van der Waals surface area contributed by atoms with Gasteiger partial charge in [-0.2, -0.15) is 5.10 Å². The van der Waals surface area contributed by atoms with Gasteiger partial charge in [-0.05, 0) is 70.9 Å². The van der Waals surface area contributed by atoms with Gasteiger partial charge < -0.3 is 9.80 Å². The molecule has 0 radical (unpaired) electrons. The lowest BCUT2D eigenvalue weighted by Gasteiger charge is -2.34. The summed E-state index contributed by atoms with van der Waals surface area (Å²) in [6.07, 6.45) is 9.38. The molecular weight excluding hydrogens is 414 g/mol. The SMILES string of the molecule is Cc1nc2c(cnn2C(C)C)c(C)c1CCC(=O)N1CCC(C(=O)N2CCCCCC2)CC1. The minimum Gasteiger partial charge on any atom is -0.343 e. The fraction of sp³-hybridized carbons (Fsp3) is 0.692. The third-order valence-corrected chi connectivity index (χ3v) is 7.53. The van der Waals surface area contributed by atoms with Crippen LogP contribution in [0.25, 0.3) is 11.0 Å². The van der Waals surface area contributed by atoms with Crippen molar-refractivity contribution in [3.8, 4) is 0 Å². The molecule has 33 heavy (non-hydrogen) atoms. The zero-order valence-electron chi connectivity index (χ0n) is 20.8. The molecule has 2 aliphatic rings. The van der Waals surface area contributed by atoms with E-state index >= 15 is 0 Å². The molecule has 0 N–H and O–H groups in total. The van der Waals surface area contributed by atoms with Crippen LogP contribution in [0.4, 0.5) is 0 Å². The standard InChI is InChI=1S/C26H39N5O2/c1-18(2)31-25-23(17-27-31)19(3)22(20(4)28-25)9-10-24(32)29-15-11-21(12-16-29)26(33)30-13-7-5-6-8-14-30/h17-18,21H,5-16H2,1-4H3. The molecule has 0 atom stereocenters. The molecule has 2 aromatic rings. The number of aryl methyl sites for hydroxylation is 2. The van der Waals surface area contributed by atoms with Crippen LogP contribution < -0.4 is 0 Å². The quantitative estimate of drug-likeness (QED) is 0.680. The third kappa shape index (κ3) is 5.07. The Morgan fingerprint density at radius 3 is 2.30 bits per heavy atom. The first-order chi connectivity index (χ1) is 15.9. The van der Waals surface area contributed by atoms with Crippen LogP contribution >= 0.6 is 0 Å². The number of piperidine rings is 1. The smallest absolute Gasteiger partial charge is 0.225 e. The van der Waals surface area contributed by atoms with Gasteiger partial charge >= 0.3 is 0 Å². The maximum Gasteiger partial charge on any atom is 0.225 e. The zero-order valence-corrected chi connectivity index (χ0v) is 20.8. The average Bonchev–Trinajstić information content (AvgIpc) is 3.04. The van der Waals surface area contributed by atoms with Crippen LogP contribution in [-0.4, -0.2) is 62.6 Å². The second kappa shape index (κ2) is 10.2. The molecule has 4 heterocycles. The van der Waals surface area contributed by atoms with Crippen molar-refractivity contribution in [2.24, 2.45) is 5.92 Å². The van der Waals surface area contributed by atoms with Gasteiger partial charge in [0.2, 0.25) is 11.8 Å². The van der Waals surface area contributed by atoms with Crippen molar-refractivity contribution >= 4 is 22.8 Å². The Bertz CT molecular complexity index is 996. The van der Waals surface area contributed by atoms with Gasteiger partial charge in [-0.15, -0.1) is 0 Å². The van der Waals surface area contributed by atoms with Crippen molar-refractivity contribution in [1.82, 2.24) is 24.6 Å². The Kier molecular flexibility index (Phi) is 7.35. The Labute approximate surface area is 197 Å². The van der Waals surface area contributed by atoms with Gasteiger partial charge in [0.1, 0.15) is 0 Å². The van der Waals surface area contributed by atoms with Crippen molar-refractivity contribution in [2.45, 2.75) is 85.1 Å². The van der Waals surface area contributed by atoms with Crippen LogP contribution in [0.2, 0.25) is 0 Å². The van der Waals surface area contributed by atoms with Gasteiger partial charge in [0.25, 0.3) is 0 Å². The summed E-state index contributed by atoms with van der Waals surface area (Å²) in [7, 11) is 0. The van der Waals surface area contributed by atoms with E-state index < -0.39 is 0 Å². The van der Waals surface area contributed by atoms with Gasteiger partial charge in [-0.25, -0.2) is 9.67 Å². The largest absolute Gasteiger partial charge is 0.343 e. The number of aromatic nitrogens is 3. The van der Waals surface area contributed by atoms with Gasteiger partial charge in [-0.1, -0.05) is 12.8 Å². The van der Waals surface area contributed by atoms with Gasteiger partial charge in [0.15, 0.2) is 5.65 Å². The van der Waals surface area contributed by atoms with Crippen LogP contribution in [-0.2, 0) is 16.0 Å². The Morgan fingerprint density at radius 1 is 1.00 bits per heavy atom. The van der Waals surface area contributed by atoms with E-state index in [0.717, 1.165) is 61.1 Å². The van der Waals surface area contributed by atoms with Gasteiger partial charge in [-0.3, -0.25) is 9.59 Å². The van der Waals surface area contributed by atoms with Gasteiger partial charge in [0.05, 0.1) is 6.20 Å². The molecule has 0 spiro atoms. The van der Waals surface area contributed by atoms with Crippen molar-refractivity contribution < 1.29 is 9.59 Å². The highest BCUT2D eigenvalue weighted by Gasteiger charge is 2.30. The normalized spacial score (nSPS) is 18.2. The zero-order chi connectivity index (χ0) is 23.5. The predicted octanol–water partition coefficient (Wildman–Crippen LogP) is 4.20. The first-order valence-corrected chi connectivity index (χ1v) is 12.8. The summed E-state index contributed by atoms with van der Waals surface area (Å²) in [5.41, 5.74) is 4.24. The Hall–Kier alpha value is -2.44. The van der Waals surface area contributed by atoms with Crippen molar-refractivity contribution in [3.05, 3.63) is 23.0 Å². The summed E-state index contributed by atoms with van der Waals surface area (Å²) in [5.74, 6) is 0.588. The van der Waals surface area contributed by atoms with E-state index in [4.69, 9.17) is 4.98 Å². The summed E-state index contributed by atoms with van der Waals surface area (Å²) in [5, 5.41) is 5.59. The number of carbonyl (C=O) groups excluding carboxylic acids is 2. The van der Waals surface area contributed by atoms with E-state index in [-0.39, 0.29) is 17.9 Å². The molecule has 0 aromatic carbocycles. The summed E-state index contributed by atoms with van der Waals surface area (Å²) < 4.78 is 1.96. The first kappa shape index (κ1) is 23.7. The number of carbonyl (C=O) groups is 2. The monoisotopic (exact) mass is 453 g/mol. The van der Waals surface area contributed by atoms with Crippen LogP contribution in [0.5, 0.6) is 0 Å². The summed E-state index contributed by atoms with van der Waals surface area (Å²) in [4.78, 5) is 34.8. The number of fused-ring (bicyclic) bond motifs is 1. The fourth-order valence-corrected chi connectivity index (χ4v) is 5.45. The minimum atomic E-state index is 0.0840. The summed E-state index contributed by atoms with van der Waals surface area (Å²) >= 11 is 0. The van der Waals surface area contributed by atoms with E-state index in [9.17, 15) is 9.59 Å². The van der Waals surface area contributed by atoms with Crippen LogP contribution in [0, 0.1) is 19.8 Å². The predicted molar refractivity (Wildman–Crippen MR) is 130 cm³/mol. The lowest BCUT2D eigenvalue weighted by atomic mass is 9.94. The number of hydrogen-bond acceptors (Lipinski definition) is 4. The fourth-order valence-electron chi connectivity index (χ4n) is 5.45. The van der Waals surface area contributed by atoms with Crippen LogP contribution in [0.1, 0.15) is 81.7 Å². The molecular formula is C26H39N5O2. The lowest BCUT2D eigenvalue weighted by Crippen LogP contribution is -2.44. The number of rotatable bonds is 5. The van der Waals surface area contributed by atoms with Crippen molar-refractivity contribution in [1.29, 1.82) is 0 Å². The van der Waals surface area contributed by atoms with E-state index in [2.05, 4.69) is 30.8 Å². The van der Waals surface area contributed by atoms with Crippen molar-refractivity contribution in [3.63, 3.8) is 0 Å². The number of amides is 2. The number of nitrogens with zero attached hydrogens (tertiary/aromatic N) is 5. The molecule has 2 aromatic heterocycles. The third-order valence-electron chi connectivity index (χ3n) is 7.53. The molecule has 0 unspecified atom stereocenters.